The van der Waals surface area contributed by atoms with E-state index < -0.39 is 11.1 Å². The first-order valence-electron chi connectivity index (χ1n) is 8.16. The predicted molar refractivity (Wildman–Crippen MR) is 98.5 cm³/mol. The monoisotopic (exact) mass is 351 g/mol. The van der Waals surface area contributed by atoms with Gasteiger partial charge in [0.25, 0.3) is 0 Å². The predicted octanol–water partition coefficient (Wildman–Crippen LogP) is 3.96. The summed E-state index contributed by atoms with van der Waals surface area (Å²) in [7, 11) is 0. The Morgan fingerprint density at radius 1 is 1.04 bits per heavy atom. The van der Waals surface area contributed by atoms with Crippen molar-refractivity contribution < 1.29 is 13.2 Å². The molecule has 3 aromatic carbocycles. The first-order chi connectivity index (χ1) is 12.2. The molecule has 0 saturated carbocycles. The third-order valence-corrected chi connectivity index (χ3v) is 5.54. The molecule has 0 radical (unpaired) electrons. The molecule has 0 aliphatic carbocycles. The number of fused-ring (bicyclic) bond motifs is 2. The van der Waals surface area contributed by atoms with Gasteiger partial charge >= 0.3 is 0 Å². The largest absolute Gasteiger partial charge is 0.326 e. The summed E-state index contributed by atoms with van der Waals surface area (Å²) >= 11 is -1.41. The van der Waals surface area contributed by atoms with Crippen molar-refractivity contribution in [2.24, 2.45) is 0 Å². The van der Waals surface area contributed by atoms with Crippen molar-refractivity contribution in [3.63, 3.8) is 0 Å². The molecular weight excluding hydrogens is 334 g/mol. The third kappa shape index (κ3) is 3.21. The summed E-state index contributed by atoms with van der Waals surface area (Å²) < 4.78 is 17.1. The highest BCUT2D eigenvalue weighted by Gasteiger charge is 2.22. The molecule has 1 atom stereocenters. The minimum atomic E-state index is -1.41. The van der Waals surface area contributed by atoms with E-state index in [-0.39, 0.29) is 5.91 Å². The Hall–Kier alpha value is -2.50. The van der Waals surface area contributed by atoms with Crippen LogP contribution < -0.4 is 5.32 Å². The Morgan fingerprint density at radius 3 is 2.76 bits per heavy atom. The molecule has 1 heterocycles. The van der Waals surface area contributed by atoms with Gasteiger partial charge in [0.15, 0.2) is 11.1 Å². The van der Waals surface area contributed by atoms with Gasteiger partial charge in [-0.3, -0.25) is 8.98 Å². The normalized spacial score (nSPS) is 15.9. The van der Waals surface area contributed by atoms with E-state index in [0.717, 1.165) is 32.5 Å². The van der Waals surface area contributed by atoms with Gasteiger partial charge in [0, 0.05) is 17.5 Å². The Labute approximate surface area is 148 Å². The summed E-state index contributed by atoms with van der Waals surface area (Å²) in [6, 6.07) is 19.6. The van der Waals surface area contributed by atoms with E-state index in [4.69, 9.17) is 4.18 Å². The van der Waals surface area contributed by atoms with Crippen LogP contribution in [0, 0.1) is 0 Å². The summed E-state index contributed by atoms with van der Waals surface area (Å²) in [5.74, 6) is -0.0568. The van der Waals surface area contributed by atoms with Gasteiger partial charge in [0.2, 0.25) is 5.91 Å². The maximum atomic E-state index is 12.4. The van der Waals surface area contributed by atoms with Crippen LogP contribution in [0.2, 0.25) is 0 Å². The van der Waals surface area contributed by atoms with E-state index >= 15 is 0 Å². The lowest BCUT2D eigenvalue weighted by Crippen LogP contribution is -2.13. The lowest BCUT2D eigenvalue weighted by molar-refractivity contribution is -0.116. The maximum absolute atomic E-state index is 12.4. The molecule has 0 fully saturated rings. The molecule has 1 N–H and O–H groups in total. The number of hydrogen-bond donors (Lipinski definition) is 1. The lowest BCUT2D eigenvalue weighted by atomic mass is 10.1. The van der Waals surface area contributed by atoms with Gasteiger partial charge in [0.05, 0.1) is 11.5 Å². The summed E-state index contributed by atoms with van der Waals surface area (Å²) in [5, 5.41) is 5.10. The van der Waals surface area contributed by atoms with E-state index in [9.17, 15) is 9.00 Å². The molecule has 0 bridgehead atoms. The standard InChI is InChI=1S/C20H17NO3S/c22-19(21-18-10-4-6-14-5-1-2-9-17(14)18)12-11-15-7-3-8-16-13-24-25(23)20(15)16/h1-10H,11-13H2,(H,21,22). The highest BCUT2D eigenvalue weighted by atomic mass is 32.2. The van der Waals surface area contributed by atoms with Gasteiger partial charge in [-0.1, -0.05) is 54.6 Å². The molecule has 4 nitrogen and oxygen atoms in total. The molecular formula is C20H17NO3S. The third-order valence-electron chi connectivity index (χ3n) is 4.35. The molecule has 1 aliphatic heterocycles. The van der Waals surface area contributed by atoms with Crippen molar-refractivity contribution in [2.45, 2.75) is 24.3 Å². The molecule has 126 valence electrons. The van der Waals surface area contributed by atoms with Crippen LogP contribution in [0.4, 0.5) is 5.69 Å². The van der Waals surface area contributed by atoms with E-state index in [1.54, 1.807) is 0 Å². The zero-order chi connectivity index (χ0) is 17.2. The van der Waals surface area contributed by atoms with Crippen LogP contribution in [-0.2, 0) is 33.1 Å². The topological polar surface area (TPSA) is 55.4 Å². The van der Waals surface area contributed by atoms with Crippen LogP contribution in [0.3, 0.4) is 0 Å². The molecule has 5 heteroatoms. The van der Waals surface area contributed by atoms with Crippen LogP contribution in [0.15, 0.2) is 65.6 Å². The highest BCUT2D eigenvalue weighted by Crippen LogP contribution is 2.28. The number of amides is 1. The van der Waals surface area contributed by atoms with Crippen LogP contribution in [0.25, 0.3) is 10.8 Å². The molecule has 0 aromatic heterocycles. The molecule has 25 heavy (non-hydrogen) atoms. The molecule has 1 unspecified atom stereocenters. The summed E-state index contributed by atoms with van der Waals surface area (Å²) in [4.78, 5) is 13.1. The van der Waals surface area contributed by atoms with E-state index in [1.165, 1.54) is 0 Å². The van der Waals surface area contributed by atoms with Gasteiger partial charge in [0.1, 0.15) is 0 Å². The number of rotatable bonds is 4. The van der Waals surface area contributed by atoms with Gasteiger partial charge in [-0.25, -0.2) is 4.21 Å². The van der Waals surface area contributed by atoms with Crippen molar-refractivity contribution in [1.82, 2.24) is 0 Å². The Balaban J connectivity index is 1.49. The summed E-state index contributed by atoms with van der Waals surface area (Å²) in [5.41, 5.74) is 2.68. The minimum absolute atomic E-state index is 0.0568. The smallest absolute Gasteiger partial charge is 0.224 e. The number of benzene rings is 3. The maximum Gasteiger partial charge on any atom is 0.224 e. The second-order valence-corrected chi connectivity index (χ2v) is 7.09. The highest BCUT2D eigenvalue weighted by molar-refractivity contribution is 7.80. The molecule has 0 spiro atoms. The van der Waals surface area contributed by atoms with Gasteiger partial charge < -0.3 is 5.32 Å². The fourth-order valence-electron chi connectivity index (χ4n) is 3.13. The van der Waals surface area contributed by atoms with Gasteiger partial charge in [-0.15, -0.1) is 0 Å². The second-order valence-electron chi connectivity index (χ2n) is 5.98. The van der Waals surface area contributed by atoms with E-state index in [1.807, 2.05) is 60.7 Å². The average molecular weight is 351 g/mol. The van der Waals surface area contributed by atoms with Crippen molar-refractivity contribution in [1.29, 1.82) is 0 Å². The molecule has 1 amide bonds. The minimum Gasteiger partial charge on any atom is -0.326 e. The molecule has 0 saturated heterocycles. The molecule has 4 rings (SSSR count). The van der Waals surface area contributed by atoms with Crippen LogP contribution >= 0.6 is 0 Å². The van der Waals surface area contributed by atoms with Crippen LogP contribution in [-0.4, -0.2) is 10.1 Å². The fraction of sp³-hybridized carbons (Fsp3) is 0.150. The van der Waals surface area contributed by atoms with Gasteiger partial charge in [-0.2, -0.15) is 0 Å². The summed E-state index contributed by atoms with van der Waals surface area (Å²) in [6.45, 7) is 0.373. The number of anilines is 1. The Kier molecular flexibility index (Phi) is 4.34. The first-order valence-corrected chi connectivity index (χ1v) is 9.23. The van der Waals surface area contributed by atoms with Crippen molar-refractivity contribution >= 4 is 33.4 Å². The summed E-state index contributed by atoms with van der Waals surface area (Å²) in [6.07, 6.45) is 0.867. The van der Waals surface area contributed by atoms with Gasteiger partial charge in [-0.05, 0) is 29.0 Å². The number of aryl methyl sites for hydroxylation is 1. The lowest BCUT2D eigenvalue weighted by Gasteiger charge is -2.10. The average Bonchev–Trinajstić information content (AvgIpc) is 3.02. The Morgan fingerprint density at radius 2 is 1.84 bits per heavy atom. The molecule has 1 aliphatic rings. The number of carbonyl (C=O) groups is 1. The second kappa shape index (κ2) is 6.78. The van der Waals surface area contributed by atoms with E-state index in [0.29, 0.717) is 19.4 Å². The SMILES string of the molecule is O=C(CCc1cccc2c1S(=O)OC2)Nc1cccc2ccccc12. The quantitative estimate of drug-likeness (QED) is 0.774. The fourth-order valence-corrected chi connectivity index (χ4v) is 4.21. The molecule has 3 aromatic rings. The van der Waals surface area contributed by atoms with Crippen LogP contribution in [0.5, 0.6) is 0 Å². The van der Waals surface area contributed by atoms with Crippen molar-refractivity contribution in [2.75, 3.05) is 5.32 Å². The van der Waals surface area contributed by atoms with Crippen LogP contribution in [0.1, 0.15) is 17.5 Å². The first kappa shape index (κ1) is 16.0. The zero-order valence-electron chi connectivity index (χ0n) is 13.5. The van der Waals surface area contributed by atoms with Crippen molar-refractivity contribution in [3.8, 4) is 0 Å². The Bertz CT molecular complexity index is 978. The van der Waals surface area contributed by atoms with Crippen molar-refractivity contribution in [3.05, 3.63) is 71.8 Å². The number of nitrogens with one attached hydrogen (secondary N) is 1. The number of carbonyl (C=O) groups excluding carboxylic acids is 1. The van der Waals surface area contributed by atoms with E-state index in [2.05, 4.69) is 5.32 Å². The number of hydrogen-bond acceptors (Lipinski definition) is 3. The zero-order valence-corrected chi connectivity index (χ0v) is 14.3.